The normalized spacial score (nSPS) is 13.7. The summed E-state index contributed by atoms with van der Waals surface area (Å²) in [5, 5.41) is 3.70. The number of hydrogen-bond donors (Lipinski definition) is 1. The predicted molar refractivity (Wildman–Crippen MR) is 62.2 cm³/mol. The first-order valence-electron chi connectivity index (χ1n) is 5.09. The zero-order valence-electron chi connectivity index (χ0n) is 8.95. The van der Waals surface area contributed by atoms with Gasteiger partial charge in [0, 0.05) is 31.2 Å². The highest BCUT2D eigenvalue weighted by molar-refractivity contribution is 7.12. The van der Waals surface area contributed by atoms with Gasteiger partial charge in [-0.2, -0.15) is 0 Å². The van der Waals surface area contributed by atoms with Crippen molar-refractivity contribution in [3.63, 3.8) is 0 Å². The van der Waals surface area contributed by atoms with Crippen LogP contribution in [0.4, 0.5) is 0 Å². The maximum absolute atomic E-state index is 11.2. The Kier molecular flexibility index (Phi) is 3.14. The van der Waals surface area contributed by atoms with Crippen molar-refractivity contribution in [2.45, 2.75) is 19.8 Å². The number of carbonyl (C=O) groups excluding carboxylic acids is 2. The van der Waals surface area contributed by atoms with E-state index < -0.39 is 0 Å². The molecule has 0 unspecified atom stereocenters. The Labute approximate surface area is 97.4 Å². The summed E-state index contributed by atoms with van der Waals surface area (Å²) < 4.78 is 0. The van der Waals surface area contributed by atoms with E-state index in [9.17, 15) is 9.59 Å². The summed E-state index contributed by atoms with van der Waals surface area (Å²) in [6, 6.07) is 0. The molecule has 84 valence electrons. The fourth-order valence-electron chi connectivity index (χ4n) is 1.51. The lowest BCUT2D eigenvalue weighted by Gasteiger charge is -1.99. The number of amides is 1. The largest absolute Gasteiger partial charge is 0.356 e. The quantitative estimate of drug-likeness (QED) is 0.850. The summed E-state index contributed by atoms with van der Waals surface area (Å²) in [6.07, 6.45) is 4.52. The number of allylic oxidation sites excluding steroid dienone is 1. The molecular formula is C11H12N2O2S. The van der Waals surface area contributed by atoms with Crippen LogP contribution in [0.25, 0.3) is 6.08 Å². The van der Waals surface area contributed by atoms with Crippen LogP contribution in [-0.2, 0) is 22.4 Å². The molecule has 1 aliphatic rings. The lowest BCUT2D eigenvalue weighted by molar-refractivity contribution is -0.119. The van der Waals surface area contributed by atoms with E-state index in [2.05, 4.69) is 10.3 Å². The van der Waals surface area contributed by atoms with Crippen LogP contribution in [0.1, 0.15) is 22.5 Å². The molecule has 0 spiro atoms. The average Bonchev–Trinajstić information content (AvgIpc) is 2.58. The van der Waals surface area contributed by atoms with Crippen molar-refractivity contribution in [3.8, 4) is 0 Å². The Hall–Kier alpha value is -1.49. The summed E-state index contributed by atoms with van der Waals surface area (Å²) in [4.78, 5) is 27.3. The molecular weight excluding hydrogens is 224 g/mol. The molecule has 0 radical (unpaired) electrons. The Morgan fingerprint density at radius 1 is 1.56 bits per heavy atom. The van der Waals surface area contributed by atoms with Gasteiger partial charge in [0.25, 0.3) is 0 Å². The second kappa shape index (κ2) is 4.57. The highest BCUT2D eigenvalue weighted by atomic mass is 32.1. The summed E-state index contributed by atoms with van der Waals surface area (Å²) in [5.41, 5.74) is 0.905. The summed E-state index contributed by atoms with van der Waals surface area (Å²) >= 11 is 1.56. The van der Waals surface area contributed by atoms with Crippen LogP contribution in [0.2, 0.25) is 0 Å². The molecule has 0 bridgehead atoms. The first-order valence-corrected chi connectivity index (χ1v) is 5.91. The standard InChI is InChI=1S/C11H12N2O2S/c1-7(14)12-5-4-11-13-9-3-2-8(15)6-10(9)16-11/h2-3H,4-6H2,1H3,(H,12,14). The number of carbonyl (C=O) groups is 2. The molecule has 4 nitrogen and oxygen atoms in total. The lowest BCUT2D eigenvalue weighted by atomic mass is 10.1. The zero-order valence-corrected chi connectivity index (χ0v) is 9.76. The number of rotatable bonds is 3. The fourth-order valence-corrected chi connectivity index (χ4v) is 2.58. The van der Waals surface area contributed by atoms with Gasteiger partial charge in [-0.3, -0.25) is 9.59 Å². The van der Waals surface area contributed by atoms with Gasteiger partial charge in [-0.25, -0.2) is 4.98 Å². The van der Waals surface area contributed by atoms with Crippen LogP contribution in [0.5, 0.6) is 0 Å². The third kappa shape index (κ3) is 2.55. The molecule has 1 aromatic heterocycles. The van der Waals surface area contributed by atoms with Crippen LogP contribution >= 0.6 is 11.3 Å². The summed E-state index contributed by atoms with van der Waals surface area (Å²) in [7, 11) is 0. The minimum absolute atomic E-state index is 0.0311. The van der Waals surface area contributed by atoms with Gasteiger partial charge in [-0.1, -0.05) is 0 Å². The molecule has 5 heteroatoms. The highest BCUT2D eigenvalue weighted by Crippen LogP contribution is 2.24. The van der Waals surface area contributed by atoms with E-state index in [4.69, 9.17) is 0 Å². The second-order valence-corrected chi connectivity index (χ2v) is 4.79. The monoisotopic (exact) mass is 236 g/mol. The topological polar surface area (TPSA) is 59.1 Å². The Morgan fingerprint density at radius 3 is 3.12 bits per heavy atom. The fraction of sp³-hybridized carbons (Fsp3) is 0.364. The molecule has 2 rings (SSSR count). The van der Waals surface area contributed by atoms with E-state index in [1.54, 1.807) is 23.5 Å². The van der Waals surface area contributed by atoms with Crippen LogP contribution in [0.3, 0.4) is 0 Å². The summed E-state index contributed by atoms with van der Waals surface area (Å²) in [6.45, 7) is 2.09. The third-order valence-corrected chi connectivity index (χ3v) is 3.38. The van der Waals surface area contributed by atoms with Gasteiger partial charge in [-0.05, 0) is 12.2 Å². The van der Waals surface area contributed by atoms with Gasteiger partial charge in [0.05, 0.1) is 10.7 Å². The molecule has 0 saturated carbocycles. The summed E-state index contributed by atoms with van der Waals surface area (Å²) in [5.74, 6) is 0.0981. The smallest absolute Gasteiger partial charge is 0.216 e. The van der Waals surface area contributed by atoms with E-state index in [-0.39, 0.29) is 11.7 Å². The first-order chi connectivity index (χ1) is 7.65. The Bertz CT molecular complexity index is 463. The second-order valence-electron chi connectivity index (χ2n) is 3.63. The maximum atomic E-state index is 11.2. The number of nitrogens with one attached hydrogen (secondary N) is 1. The molecule has 16 heavy (non-hydrogen) atoms. The van der Waals surface area contributed by atoms with E-state index in [1.807, 2.05) is 0 Å². The molecule has 0 aromatic carbocycles. The van der Waals surface area contributed by atoms with E-state index in [0.717, 1.165) is 22.0 Å². The van der Waals surface area contributed by atoms with Crippen LogP contribution < -0.4 is 5.32 Å². The van der Waals surface area contributed by atoms with Gasteiger partial charge in [-0.15, -0.1) is 11.3 Å². The van der Waals surface area contributed by atoms with Crippen molar-refractivity contribution in [1.82, 2.24) is 10.3 Å². The van der Waals surface area contributed by atoms with Crippen LogP contribution in [0.15, 0.2) is 6.08 Å². The van der Waals surface area contributed by atoms with Gasteiger partial charge < -0.3 is 5.32 Å². The Balaban J connectivity index is 2.00. The van der Waals surface area contributed by atoms with Gasteiger partial charge in [0.1, 0.15) is 0 Å². The number of aromatic nitrogens is 1. The minimum atomic E-state index is -0.0311. The number of ketones is 1. The van der Waals surface area contributed by atoms with Crippen molar-refractivity contribution in [1.29, 1.82) is 0 Å². The lowest BCUT2D eigenvalue weighted by Crippen LogP contribution is -2.22. The Morgan fingerprint density at radius 2 is 2.38 bits per heavy atom. The highest BCUT2D eigenvalue weighted by Gasteiger charge is 2.15. The van der Waals surface area contributed by atoms with Crippen molar-refractivity contribution in [2.75, 3.05) is 6.54 Å². The van der Waals surface area contributed by atoms with E-state index in [0.29, 0.717) is 13.0 Å². The number of fused-ring (bicyclic) bond motifs is 1. The first kappa shape index (κ1) is 11.0. The van der Waals surface area contributed by atoms with Gasteiger partial charge >= 0.3 is 0 Å². The van der Waals surface area contributed by atoms with Gasteiger partial charge in [0.2, 0.25) is 5.91 Å². The van der Waals surface area contributed by atoms with Crippen LogP contribution in [0, 0.1) is 0 Å². The number of nitrogens with zero attached hydrogens (tertiary/aromatic N) is 1. The zero-order chi connectivity index (χ0) is 11.5. The minimum Gasteiger partial charge on any atom is -0.356 e. The van der Waals surface area contributed by atoms with Gasteiger partial charge in [0.15, 0.2) is 5.78 Å². The SMILES string of the molecule is CC(=O)NCCc1nc2c(s1)CC(=O)C=C2. The molecule has 1 heterocycles. The van der Waals surface area contributed by atoms with E-state index >= 15 is 0 Å². The van der Waals surface area contributed by atoms with E-state index in [1.165, 1.54) is 6.92 Å². The number of thiazole rings is 1. The molecule has 1 amide bonds. The van der Waals surface area contributed by atoms with Crippen molar-refractivity contribution in [2.24, 2.45) is 0 Å². The molecule has 1 aromatic rings. The van der Waals surface area contributed by atoms with Crippen molar-refractivity contribution < 1.29 is 9.59 Å². The molecule has 1 N–H and O–H groups in total. The van der Waals surface area contributed by atoms with Crippen molar-refractivity contribution >= 4 is 29.1 Å². The average molecular weight is 236 g/mol. The molecule has 0 saturated heterocycles. The third-order valence-electron chi connectivity index (χ3n) is 2.25. The molecule has 0 fully saturated rings. The van der Waals surface area contributed by atoms with Crippen LogP contribution in [-0.4, -0.2) is 23.2 Å². The van der Waals surface area contributed by atoms with Crippen molar-refractivity contribution in [3.05, 3.63) is 21.7 Å². The molecule has 0 aliphatic heterocycles. The maximum Gasteiger partial charge on any atom is 0.216 e. The number of hydrogen-bond acceptors (Lipinski definition) is 4. The molecule has 1 aliphatic carbocycles. The molecule has 0 atom stereocenters. The predicted octanol–water partition coefficient (Wildman–Crippen LogP) is 0.960.